The van der Waals surface area contributed by atoms with Crippen LogP contribution in [0.2, 0.25) is 0 Å². The molecule has 0 aliphatic heterocycles. The number of aryl methyl sites for hydroxylation is 1. The van der Waals surface area contributed by atoms with E-state index in [9.17, 15) is 27.9 Å². The van der Waals surface area contributed by atoms with Gasteiger partial charge >= 0.3 is 18.3 Å². The van der Waals surface area contributed by atoms with E-state index >= 15 is 0 Å². The molecule has 1 unspecified atom stereocenters. The standard InChI is InChI=1S/C27H31F3O5/c1-6-34-24(31)23(20-9-13-22(14-10-20)35-27(28,29)30)19(5)15-16-26(17(2)3,25(32)33)21-11-7-18(4)8-12-21/h7-14,17H,6,15-16H2,1-5H3,(H,32,33). The van der Waals surface area contributed by atoms with Gasteiger partial charge in [-0.25, -0.2) is 4.79 Å². The molecular weight excluding hydrogens is 461 g/mol. The first kappa shape index (κ1) is 28.0. The molecule has 5 nitrogen and oxygen atoms in total. The minimum absolute atomic E-state index is 0.110. The molecule has 0 aliphatic rings. The highest BCUT2D eigenvalue weighted by Crippen LogP contribution is 2.39. The van der Waals surface area contributed by atoms with E-state index in [4.69, 9.17) is 4.74 Å². The van der Waals surface area contributed by atoms with Crippen molar-refractivity contribution < 1.29 is 37.3 Å². The Kier molecular flexibility index (Phi) is 9.12. The van der Waals surface area contributed by atoms with Gasteiger partial charge in [-0.3, -0.25) is 4.79 Å². The topological polar surface area (TPSA) is 72.8 Å². The molecule has 0 aromatic heterocycles. The molecule has 0 spiro atoms. The number of carbonyl (C=O) groups is 2. The lowest BCUT2D eigenvalue weighted by molar-refractivity contribution is -0.274. The summed E-state index contributed by atoms with van der Waals surface area (Å²) in [5.41, 5.74) is 1.61. The molecule has 2 aromatic carbocycles. The van der Waals surface area contributed by atoms with Crippen molar-refractivity contribution in [3.8, 4) is 5.75 Å². The normalized spacial score (nSPS) is 14.2. The third-order valence-electron chi connectivity index (χ3n) is 6.11. The van der Waals surface area contributed by atoms with Gasteiger partial charge in [-0.05, 0) is 62.8 Å². The fourth-order valence-electron chi connectivity index (χ4n) is 4.17. The van der Waals surface area contributed by atoms with Crippen molar-refractivity contribution in [2.75, 3.05) is 6.61 Å². The number of alkyl halides is 3. The number of aliphatic carboxylic acids is 1. The first-order valence-electron chi connectivity index (χ1n) is 11.4. The molecule has 35 heavy (non-hydrogen) atoms. The van der Waals surface area contributed by atoms with Crippen molar-refractivity contribution in [2.24, 2.45) is 5.92 Å². The maximum Gasteiger partial charge on any atom is 0.573 e. The summed E-state index contributed by atoms with van der Waals surface area (Å²) in [5.74, 6) is -2.25. The number of esters is 1. The first-order valence-corrected chi connectivity index (χ1v) is 11.4. The van der Waals surface area contributed by atoms with E-state index < -0.39 is 29.5 Å². The summed E-state index contributed by atoms with van der Waals surface area (Å²) in [5, 5.41) is 10.3. The number of carboxylic acids is 1. The van der Waals surface area contributed by atoms with Crippen LogP contribution in [0.25, 0.3) is 5.57 Å². The zero-order valence-electron chi connectivity index (χ0n) is 20.5. The van der Waals surface area contributed by atoms with Crippen molar-refractivity contribution in [3.05, 3.63) is 70.8 Å². The molecule has 0 saturated heterocycles. The highest BCUT2D eigenvalue weighted by molar-refractivity contribution is 6.17. The van der Waals surface area contributed by atoms with E-state index in [2.05, 4.69) is 4.74 Å². The molecular formula is C27H31F3O5. The van der Waals surface area contributed by atoms with E-state index in [0.717, 1.165) is 17.7 Å². The highest BCUT2D eigenvalue weighted by Gasteiger charge is 2.43. The lowest BCUT2D eigenvalue weighted by Crippen LogP contribution is -2.41. The summed E-state index contributed by atoms with van der Waals surface area (Å²) in [6.45, 7) is 9.08. The van der Waals surface area contributed by atoms with Crippen LogP contribution >= 0.6 is 0 Å². The van der Waals surface area contributed by atoms with E-state index in [1.54, 1.807) is 13.8 Å². The number of hydrogen-bond acceptors (Lipinski definition) is 4. The van der Waals surface area contributed by atoms with Crippen LogP contribution in [0.1, 0.15) is 57.2 Å². The molecule has 0 fully saturated rings. The van der Waals surface area contributed by atoms with Gasteiger partial charge in [0.05, 0.1) is 17.6 Å². The summed E-state index contributed by atoms with van der Waals surface area (Å²) in [6, 6.07) is 12.3. The van der Waals surface area contributed by atoms with E-state index in [1.807, 2.05) is 45.0 Å². The van der Waals surface area contributed by atoms with Crippen LogP contribution in [-0.4, -0.2) is 30.0 Å². The maximum absolute atomic E-state index is 12.8. The molecule has 8 heteroatoms. The van der Waals surface area contributed by atoms with Gasteiger partial charge in [-0.15, -0.1) is 13.2 Å². The molecule has 2 aromatic rings. The summed E-state index contributed by atoms with van der Waals surface area (Å²) in [4.78, 5) is 25.4. The largest absolute Gasteiger partial charge is 0.573 e. The summed E-state index contributed by atoms with van der Waals surface area (Å²) in [7, 11) is 0. The zero-order valence-corrected chi connectivity index (χ0v) is 20.5. The Morgan fingerprint density at radius 1 is 1.00 bits per heavy atom. The van der Waals surface area contributed by atoms with E-state index in [-0.39, 0.29) is 30.9 Å². The second kappa shape index (κ2) is 11.4. The summed E-state index contributed by atoms with van der Waals surface area (Å²) < 4.78 is 46.6. The number of hydrogen-bond donors (Lipinski definition) is 1. The smallest absolute Gasteiger partial charge is 0.481 e. The van der Waals surface area contributed by atoms with Crippen LogP contribution < -0.4 is 4.74 Å². The maximum atomic E-state index is 12.8. The molecule has 0 heterocycles. The molecule has 0 aliphatic carbocycles. The lowest BCUT2D eigenvalue weighted by Gasteiger charge is -2.34. The summed E-state index contributed by atoms with van der Waals surface area (Å²) in [6.07, 6.45) is -4.36. The Balaban J connectivity index is 2.48. The van der Waals surface area contributed by atoms with Crippen LogP contribution in [0.4, 0.5) is 13.2 Å². The average Bonchev–Trinajstić information content (AvgIpc) is 2.75. The number of benzene rings is 2. The van der Waals surface area contributed by atoms with Gasteiger partial charge in [0, 0.05) is 0 Å². The van der Waals surface area contributed by atoms with Gasteiger partial charge in [0.1, 0.15) is 5.75 Å². The fraction of sp³-hybridized carbons (Fsp3) is 0.407. The van der Waals surface area contributed by atoms with Gasteiger partial charge in [0.25, 0.3) is 0 Å². The van der Waals surface area contributed by atoms with Crippen LogP contribution in [0.5, 0.6) is 5.75 Å². The molecule has 1 atom stereocenters. The first-order chi connectivity index (χ1) is 16.3. The second-order valence-corrected chi connectivity index (χ2v) is 8.75. The molecule has 0 amide bonds. The number of ether oxygens (including phenoxy) is 2. The van der Waals surface area contributed by atoms with Gasteiger partial charge in [0.2, 0.25) is 0 Å². The fourth-order valence-corrected chi connectivity index (χ4v) is 4.17. The Bertz CT molecular complexity index is 1050. The number of carbonyl (C=O) groups excluding carboxylic acids is 1. The number of allylic oxidation sites excluding steroid dienone is 1. The van der Waals surface area contributed by atoms with Gasteiger partial charge in [-0.2, -0.15) is 0 Å². The number of carboxylic acid groups (broad SMARTS) is 1. The predicted molar refractivity (Wildman–Crippen MR) is 127 cm³/mol. The van der Waals surface area contributed by atoms with Gasteiger partial charge < -0.3 is 14.6 Å². The minimum atomic E-state index is -4.83. The van der Waals surface area contributed by atoms with Gasteiger partial charge in [0.15, 0.2) is 0 Å². The van der Waals surface area contributed by atoms with Crippen molar-refractivity contribution in [1.82, 2.24) is 0 Å². The minimum Gasteiger partial charge on any atom is -0.481 e. The van der Waals surface area contributed by atoms with Crippen molar-refractivity contribution >= 4 is 17.5 Å². The zero-order chi connectivity index (χ0) is 26.4. The van der Waals surface area contributed by atoms with E-state index in [1.165, 1.54) is 12.1 Å². The Labute approximate surface area is 203 Å². The summed E-state index contributed by atoms with van der Waals surface area (Å²) >= 11 is 0. The van der Waals surface area contributed by atoms with Crippen molar-refractivity contribution in [2.45, 2.75) is 59.2 Å². The van der Waals surface area contributed by atoms with Crippen molar-refractivity contribution in [3.63, 3.8) is 0 Å². The van der Waals surface area contributed by atoms with Gasteiger partial charge in [-0.1, -0.05) is 61.4 Å². The Hall–Kier alpha value is -3.29. The average molecular weight is 493 g/mol. The quantitative estimate of drug-likeness (QED) is 0.296. The predicted octanol–water partition coefficient (Wildman–Crippen LogP) is 6.69. The van der Waals surface area contributed by atoms with E-state index in [0.29, 0.717) is 16.7 Å². The third kappa shape index (κ3) is 6.87. The lowest BCUT2D eigenvalue weighted by atomic mass is 9.68. The monoisotopic (exact) mass is 492 g/mol. The molecule has 0 bridgehead atoms. The number of halogens is 3. The molecule has 0 radical (unpaired) electrons. The Morgan fingerprint density at radius 2 is 1.57 bits per heavy atom. The van der Waals surface area contributed by atoms with Crippen molar-refractivity contribution in [1.29, 1.82) is 0 Å². The van der Waals surface area contributed by atoms with Crippen LogP contribution in [0.3, 0.4) is 0 Å². The van der Waals surface area contributed by atoms with Crippen LogP contribution in [0.15, 0.2) is 54.1 Å². The van der Waals surface area contributed by atoms with Crippen LogP contribution in [0, 0.1) is 12.8 Å². The number of rotatable bonds is 10. The molecule has 2 rings (SSSR count). The SMILES string of the molecule is CCOC(=O)C(=C(C)CCC(C(=O)O)(c1ccc(C)cc1)C(C)C)c1ccc(OC(F)(F)F)cc1. The second-order valence-electron chi connectivity index (χ2n) is 8.75. The third-order valence-corrected chi connectivity index (χ3v) is 6.11. The van der Waals surface area contributed by atoms with Crippen LogP contribution in [-0.2, 0) is 19.7 Å². The molecule has 0 saturated carbocycles. The molecule has 190 valence electrons. The molecule has 1 N–H and O–H groups in total. The Morgan fingerprint density at radius 3 is 2.03 bits per heavy atom. The highest BCUT2D eigenvalue weighted by atomic mass is 19.4.